The molecular formula is C25H26ClF3N4O5. The molecule has 3 aromatic rings. The molecule has 1 saturated heterocycles. The highest BCUT2D eigenvalue weighted by molar-refractivity contribution is 6.28. The predicted octanol–water partition coefficient (Wildman–Crippen LogP) is 5.56. The minimum absolute atomic E-state index is 0.0142. The lowest BCUT2D eigenvalue weighted by Gasteiger charge is -2.34. The zero-order valence-corrected chi connectivity index (χ0v) is 20.9. The normalized spacial score (nSPS) is 15.3. The van der Waals surface area contributed by atoms with E-state index in [0.717, 1.165) is 31.6 Å². The van der Waals surface area contributed by atoms with E-state index in [1.54, 1.807) is 12.1 Å². The van der Waals surface area contributed by atoms with Crippen LogP contribution < -0.4 is 14.4 Å². The fourth-order valence-corrected chi connectivity index (χ4v) is 4.57. The van der Waals surface area contributed by atoms with Gasteiger partial charge in [-0.2, -0.15) is 0 Å². The van der Waals surface area contributed by atoms with Crippen molar-refractivity contribution >= 4 is 23.1 Å². The van der Waals surface area contributed by atoms with Crippen molar-refractivity contribution in [3.05, 3.63) is 75.7 Å². The molecule has 1 aromatic heterocycles. The van der Waals surface area contributed by atoms with Crippen molar-refractivity contribution in [1.82, 2.24) is 9.55 Å². The van der Waals surface area contributed by atoms with Crippen LogP contribution in [-0.4, -0.2) is 51.7 Å². The maximum atomic E-state index is 12.4. The van der Waals surface area contributed by atoms with Crippen molar-refractivity contribution in [2.45, 2.75) is 44.2 Å². The van der Waals surface area contributed by atoms with Gasteiger partial charge in [0, 0.05) is 25.3 Å². The van der Waals surface area contributed by atoms with Gasteiger partial charge in [0.05, 0.1) is 6.10 Å². The monoisotopic (exact) mass is 554 g/mol. The number of piperidine rings is 1. The van der Waals surface area contributed by atoms with Crippen molar-refractivity contribution in [2.24, 2.45) is 0 Å². The van der Waals surface area contributed by atoms with Gasteiger partial charge >= 0.3 is 17.5 Å². The van der Waals surface area contributed by atoms with E-state index in [1.165, 1.54) is 28.5 Å². The van der Waals surface area contributed by atoms with Gasteiger partial charge in [0.2, 0.25) is 0 Å². The van der Waals surface area contributed by atoms with Crippen molar-refractivity contribution in [3.63, 3.8) is 0 Å². The van der Waals surface area contributed by atoms with Gasteiger partial charge in [-0.25, -0.2) is 0 Å². The highest BCUT2D eigenvalue weighted by Gasteiger charge is 2.31. The zero-order valence-electron chi connectivity index (χ0n) is 20.2. The van der Waals surface area contributed by atoms with Gasteiger partial charge in [0.1, 0.15) is 24.3 Å². The lowest BCUT2D eigenvalue weighted by molar-refractivity contribution is -0.389. The quantitative estimate of drug-likeness (QED) is 0.259. The number of nitrogens with zero attached hydrogens (tertiary/aromatic N) is 4. The van der Waals surface area contributed by atoms with Crippen LogP contribution in [0.3, 0.4) is 0 Å². The van der Waals surface area contributed by atoms with E-state index in [2.05, 4.69) is 14.6 Å². The van der Waals surface area contributed by atoms with E-state index in [4.69, 9.17) is 16.3 Å². The second-order valence-electron chi connectivity index (χ2n) is 8.94. The van der Waals surface area contributed by atoms with E-state index in [-0.39, 0.29) is 36.4 Å². The molecule has 0 radical (unpaired) electrons. The summed E-state index contributed by atoms with van der Waals surface area (Å²) in [5, 5.41) is 21.0. The van der Waals surface area contributed by atoms with Crippen molar-refractivity contribution in [2.75, 3.05) is 24.6 Å². The Balaban J connectivity index is 1.21. The maximum absolute atomic E-state index is 12.4. The molecular weight excluding hydrogens is 529 g/mol. The maximum Gasteiger partial charge on any atom is 0.573 e. The van der Waals surface area contributed by atoms with Crippen LogP contribution in [0, 0.1) is 10.1 Å². The summed E-state index contributed by atoms with van der Waals surface area (Å²) < 4.78 is 48.1. The third-order valence-corrected chi connectivity index (χ3v) is 6.63. The molecule has 1 fully saturated rings. The number of aliphatic hydroxyl groups excluding tert-OH is 1. The molecule has 1 atom stereocenters. The first kappa shape index (κ1) is 27.5. The summed E-state index contributed by atoms with van der Waals surface area (Å²) in [4.78, 5) is 15.9. The lowest BCUT2D eigenvalue weighted by atomic mass is 9.89. The zero-order chi connectivity index (χ0) is 27.3. The van der Waals surface area contributed by atoms with Crippen LogP contribution in [0.25, 0.3) is 0 Å². The SMILES string of the molecule is O=[N+]([O-])c1cn(CCC(O)COc2ccc(C3CCN(c4ccc(OC(F)(F)F)cc4)CC3)cc2)c(Cl)n1. The summed E-state index contributed by atoms with van der Waals surface area (Å²) in [5.74, 6) is 0.380. The molecule has 1 N–H and O–H groups in total. The molecule has 0 bridgehead atoms. The standard InChI is InChI=1S/C25H26ClF3N4O5/c26-24-30-23(33(35)36)15-32(24)14-11-20(34)16-37-21-5-1-17(2-6-21)18-9-12-31(13-10-18)19-3-7-22(8-4-19)38-25(27,28)29/h1-8,15,18,20,34H,9-14,16H2. The van der Waals surface area contributed by atoms with Crippen LogP contribution in [0.15, 0.2) is 54.7 Å². The fraction of sp³-hybridized carbons (Fsp3) is 0.400. The number of hydrogen-bond acceptors (Lipinski definition) is 7. The number of benzene rings is 2. The van der Waals surface area contributed by atoms with Crippen molar-refractivity contribution in [3.8, 4) is 11.5 Å². The molecule has 0 spiro atoms. The van der Waals surface area contributed by atoms with E-state index < -0.39 is 17.4 Å². The summed E-state index contributed by atoms with van der Waals surface area (Å²) in [5.41, 5.74) is 2.02. The molecule has 1 aliphatic rings. The van der Waals surface area contributed by atoms with E-state index in [0.29, 0.717) is 11.7 Å². The predicted molar refractivity (Wildman–Crippen MR) is 134 cm³/mol. The van der Waals surface area contributed by atoms with Gasteiger partial charge in [-0.3, -0.25) is 4.57 Å². The summed E-state index contributed by atoms with van der Waals surface area (Å²) >= 11 is 5.88. The summed E-state index contributed by atoms with van der Waals surface area (Å²) in [6, 6.07) is 13.6. The molecule has 2 heterocycles. The summed E-state index contributed by atoms with van der Waals surface area (Å²) in [7, 11) is 0. The Morgan fingerprint density at radius 3 is 2.32 bits per heavy atom. The van der Waals surface area contributed by atoms with Crippen LogP contribution in [0.2, 0.25) is 5.28 Å². The number of aryl methyl sites for hydroxylation is 1. The first-order chi connectivity index (χ1) is 18.1. The first-order valence-electron chi connectivity index (χ1n) is 12.0. The van der Waals surface area contributed by atoms with Crippen molar-refractivity contribution in [1.29, 1.82) is 0 Å². The molecule has 0 aliphatic carbocycles. The average Bonchev–Trinajstić information content (AvgIpc) is 3.27. The second-order valence-corrected chi connectivity index (χ2v) is 9.28. The van der Waals surface area contributed by atoms with Gasteiger partial charge in [-0.1, -0.05) is 12.1 Å². The molecule has 4 rings (SSSR count). The molecule has 1 aliphatic heterocycles. The topological polar surface area (TPSA) is 103 Å². The van der Waals surface area contributed by atoms with E-state index in [9.17, 15) is 28.4 Å². The number of rotatable bonds is 10. The number of alkyl halides is 3. The number of nitro groups is 1. The van der Waals surface area contributed by atoms with E-state index in [1.807, 2.05) is 24.3 Å². The van der Waals surface area contributed by atoms with Gasteiger partial charge < -0.3 is 29.6 Å². The number of ether oxygens (including phenoxy) is 2. The van der Waals surface area contributed by atoms with Gasteiger partial charge in [-0.05, 0) is 88.7 Å². The van der Waals surface area contributed by atoms with Crippen molar-refractivity contribution < 1.29 is 32.7 Å². The molecule has 9 nitrogen and oxygen atoms in total. The number of imidazole rings is 1. The third-order valence-electron chi connectivity index (χ3n) is 6.33. The highest BCUT2D eigenvalue weighted by Crippen LogP contribution is 2.32. The number of anilines is 1. The van der Waals surface area contributed by atoms with Gasteiger partial charge in [0.15, 0.2) is 0 Å². The van der Waals surface area contributed by atoms with Crippen LogP contribution >= 0.6 is 11.6 Å². The lowest BCUT2D eigenvalue weighted by Crippen LogP contribution is -2.32. The van der Waals surface area contributed by atoms with E-state index >= 15 is 0 Å². The molecule has 2 aromatic carbocycles. The minimum Gasteiger partial charge on any atom is -0.491 e. The Bertz CT molecular complexity index is 1210. The Kier molecular flexibility index (Phi) is 8.62. The van der Waals surface area contributed by atoms with Gasteiger partial charge in [-0.15, -0.1) is 13.2 Å². The number of aromatic nitrogens is 2. The smallest absolute Gasteiger partial charge is 0.491 e. The Morgan fingerprint density at radius 1 is 1.11 bits per heavy atom. The molecule has 13 heteroatoms. The Hall–Kier alpha value is -3.51. The number of halogens is 4. The Morgan fingerprint density at radius 2 is 1.74 bits per heavy atom. The number of aliphatic hydroxyl groups is 1. The second kappa shape index (κ2) is 11.9. The van der Waals surface area contributed by atoms with Crippen LogP contribution in [0.1, 0.15) is 30.7 Å². The molecule has 204 valence electrons. The fourth-order valence-electron chi connectivity index (χ4n) is 4.35. The highest BCUT2D eigenvalue weighted by atomic mass is 35.5. The van der Waals surface area contributed by atoms with Gasteiger partial charge in [0.25, 0.3) is 0 Å². The molecule has 38 heavy (non-hydrogen) atoms. The summed E-state index contributed by atoms with van der Waals surface area (Å²) in [6.07, 6.45) is -2.21. The van der Waals surface area contributed by atoms with Crippen LogP contribution in [0.4, 0.5) is 24.7 Å². The molecule has 0 amide bonds. The summed E-state index contributed by atoms with van der Waals surface area (Å²) in [6.45, 7) is 1.86. The third kappa shape index (κ3) is 7.51. The Labute approximate surface area is 221 Å². The molecule has 0 saturated carbocycles. The minimum atomic E-state index is -4.71. The first-order valence-corrected chi connectivity index (χ1v) is 12.3. The van der Waals surface area contributed by atoms with Crippen LogP contribution in [-0.2, 0) is 6.54 Å². The average molecular weight is 555 g/mol. The number of hydrogen-bond donors (Lipinski definition) is 1. The molecule has 1 unspecified atom stereocenters. The largest absolute Gasteiger partial charge is 0.573 e. The van der Waals surface area contributed by atoms with Crippen LogP contribution in [0.5, 0.6) is 11.5 Å².